The van der Waals surface area contributed by atoms with Gasteiger partial charge in [-0.15, -0.1) is 0 Å². The maximum Gasteiger partial charge on any atom is 0.340 e. The Morgan fingerprint density at radius 2 is 1.88 bits per heavy atom. The Hall–Kier alpha value is -3.32. The second-order valence-corrected chi connectivity index (χ2v) is 8.21. The molecule has 0 unspecified atom stereocenters. The fraction of sp³-hybridized carbons (Fsp3) is 0.385. The number of hydrogen-bond donors (Lipinski definition) is 2. The number of anilines is 1. The van der Waals surface area contributed by atoms with Gasteiger partial charge in [0, 0.05) is 5.56 Å². The zero-order valence-corrected chi connectivity index (χ0v) is 19.7. The molecule has 0 aliphatic rings. The lowest BCUT2D eigenvalue weighted by Crippen LogP contribution is -2.22. The molecule has 1 amide bonds. The third kappa shape index (κ3) is 6.14. The van der Waals surface area contributed by atoms with Crippen molar-refractivity contribution >= 4 is 28.5 Å². The van der Waals surface area contributed by atoms with Gasteiger partial charge in [0.25, 0.3) is 5.91 Å². The number of para-hydroxylation sites is 1. The van der Waals surface area contributed by atoms with Gasteiger partial charge in [-0.25, -0.2) is 4.79 Å². The second kappa shape index (κ2) is 11.5. The Labute approximate surface area is 194 Å². The predicted molar refractivity (Wildman–Crippen MR) is 129 cm³/mol. The number of fused-ring (bicyclic) bond motifs is 1. The Morgan fingerprint density at radius 3 is 2.64 bits per heavy atom. The van der Waals surface area contributed by atoms with Crippen molar-refractivity contribution in [2.75, 3.05) is 31.6 Å². The van der Waals surface area contributed by atoms with Crippen LogP contribution in [0.1, 0.15) is 53.7 Å². The van der Waals surface area contributed by atoms with Crippen molar-refractivity contribution in [1.82, 2.24) is 5.32 Å². The quantitative estimate of drug-likeness (QED) is 0.308. The molecule has 7 nitrogen and oxygen atoms in total. The van der Waals surface area contributed by atoms with Crippen molar-refractivity contribution < 1.29 is 23.5 Å². The van der Waals surface area contributed by atoms with Crippen LogP contribution >= 0.6 is 0 Å². The summed E-state index contributed by atoms with van der Waals surface area (Å²) in [6.07, 6.45) is 0.873. The number of hydrogen-bond acceptors (Lipinski definition) is 6. The van der Waals surface area contributed by atoms with E-state index in [-0.39, 0.29) is 17.9 Å². The van der Waals surface area contributed by atoms with E-state index in [0.29, 0.717) is 35.1 Å². The molecule has 0 saturated heterocycles. The molecule has 7 heteroatoms. The number of nitrogens with one attached hydrogen (secondary N) is 2. The van der Waals surface area contributed by atoms with Crippen LogP contribution in [0.4, 0.5) is 5.69 Å². The fourth-order valence-corrected chi connectivity index (χ4v) is 3.53. The maximum atomic E-state index is 13.0. The van der Waals surface area contributed by atoms with Crippen molar-refractivity contribution in [1.29, 1.82) is 0 Å². The molecular weight excluding hydrogens is 420 g/mol. The van der Waals surface area contributed by atoms with Gasteiger partial charge in [-0.1, -0.05) is 32.0 Å². The summed E-state index contributed by atoms with van der Waals surface area (Å²) in [5, 5.41) is 6.95. The van der Waals surface area contributed by atoms with Gasteiger partial charge in [0.2, 0.25) is 0 Å². The lowest BCUT2D eigenvalue weighted by molar-refractivity contribution is 0.0527. The Bertz CT molecular complexity index is 1100. The van der Waals surface area contributed by atoms with Crippen molar-refractivity contribution in [3.05, 3.63) is 59.4 Å². The van der Waals surface area contributed by atoms with Gasteiger partial charge in [-0.05, 0) is 63.5 Å². The first-order valence-corrected chi connectivity index (χ1v) is 11.4. The summed E-state index contributed by atoms with van der Waals surface area (Å²) >= 11 is 0. The van der Waals surface area contributed by atoms with E-state index in [2.05, 4.69) is 24.5 Å². The van der Waals surface area contributed by atoms with Crippen LogP contribution in [0.2, 0.25) is 0 Å². The monoisotopic (exact) mass is 452 g/mol. The summed E-state index contributed by atoms with van der Waals surface area (Å²) in [5.41, 5.74) is 1.92. The summed E-state index contributed by atoms with van der Waals surface area (Å²) < 4.78 is 17.0. The first kappa shape index (κ1) is 24.3. The van der Waals surface area contributed by atoms with E-state index >= 15 is 0 Å². The standard InChI is InChI=1S/C26H32N2O5/c1-5-31-26(30)19-10-6-7-11-20(19)28-25(29)24-18(4)23-21(12-8-13-22(23)33-24)32-15-9-14-27-16-17(2)3/h6-8,10-13,17,27H,5,9,14-16H2,1-4H3,(H,28,29). The molecule has 0 radical (unpaired) electrons. The molecule has 3 rings (SSSR count). The number of carbonyl (C=O) groups is 2. The van der Waals surface area contributed by atoms with Crippen LogP contribution in [0.25, 0.3) is 11.0 Å². The van der Waals surface area contributed by atoms with Crippen LogP contribution < -0.4 is 15.4 Å². The normalized spacial score (nSPS) is 11.1. The molecule has 176 valence electrons. The molecule has 0 aliphatic carbocycles. The van der Waals surface area contributed by atoms with Gasteiger partial charge in [0.05, 0.1) is 29.9 Å². The van der Waals surface area contributed by atoms with E-state index in [1.54, 1.807) is 31.2 Å². The third-order valence-electron chi connectivity index (χ3n) is 5.10. The van der Waals surface area contributed by atoms with Crippen molar-refractivity contribution in [2.45, 2.75) is 34.1 Å². The largest absolute Gasteiger partial charge is 0.493 e. The highest BCUT2D eigenvalue weighted by atomic mass is 16.5. The Balaban J connectivity index is 1.75. The average Bonchev–Trinajstić information content (AvgIpc) is 3.14. The number of furan rings is 1. The van der Waals surface area contributed by atoms with E-state index < -0.39 is 11.9 Å². The topological polar surface area (TPSA) is 89.8 Å². The van der Waals surface area contributed by atoms with Crippen LogP contribution in [0.5, 0.6) is 5.75 Å². The highest BCUT2D eigenvalue weighted by molar-refractivity contribution is 6.09. The number of esters is 1. The molecule has 3 aromatic rings. The number of carbonyl (C=O) groups excluding carboxylic acids is 2. The molecule has 0 spiro atoms. The minimum atomic E-state index is -0.492. The lowest BCUT2D eigenvalue weighted by atomic mass is 10.1. The van der Waals surface area contributed by atoms with Crippen LogP contribution in [-0.2, 0) is 4.74 Å². The van der Waals surface area contributed by atoms with E-state index in [1.165, 1.54) is 0 Å². The molecule has 0 atom stereocenters. The molecule has 1 aromatic heterocycles. The van der Waals surface area contributed by atoms with E-state index in [0.717, 1.165) is 24.9 Å². The second-order valence-electron chi connectivity index (χ2n) is 8.21. The Morgan fingerprint density at radius 1 is 1.09 bits per heavy atom. The van der Waals surface area contributed by atoms with Gasteiger partial charge in [-0.2, -0.15) is 0 Å². The molecule has 2 N–H and O–H groups in total. The number of amides is 1. The van der Waals surface area contributed by atoms with Crippen molar-refractivity contribution in [2.24, 2.45) is 5.92 Å². The molecule has 0 bridgehead atoms. The first-order valence-electron chi connectivity index (χ1n) is 11.4. The van der Waals surface area contributed by atoms with Gasteiger partial charge in [0.15, 0.2) is 5.76 Å². The summed E-state index contributed by atoms with van der Waals surface area (Å²) in [7, 11) is 0. The summed E-state index contributed by atoms with van der Waals surface area (Å²) in [5.74, 6) is 0.543. The highest BCUT2D eigenvalue weighted by Crippen LogP contribution is 2.33. The van der Waals surface area contributed by atoms with Crippen molar-refractivity contribution in [3.63, 3.8) is 0 Å². The van der Waals surface area contributed by atoms with Crippen LogP contribution in [0.3, 0.4) is 0 Å². The van der Waals surface area contributed by atoms with E-state index in [9.17, 15) is 9.59 Å². The summed E-state index contributed by atoms with van der Waals surface area (Å²) in [6.45, 7) is 10.6. The van der Waals surface area contributed by atoms with Crippen LogP contribution in [0.15, 0.2) is 46.9 Å². The SMILES string of the molecule is CCOC(=O)c1ccccc1NC(=O)c1oc2cccc(OCCCNCC(C)C)c2c1C. The fourth-order valence-electron chi connectivity index (χ4n) is 3.53. The third-order valence-corrected chi connectivity index (χ3v) is 5.10. The Kier molecular flexibility index (Phi) is 8.49. The molecule has 33 heavy (non-hydrogen) atoms. The van der Waals surface area contributed by atoms with Crippen LogP contribution in [0, 0.1) is 12.8 Å². The average molecular weight is 453 g/mol. The van der Waals surface area contributed by atoms with Crippen molar-refractivity contribution in [3.8, 4) is 5.75 Å². The number of benzene rings is 2. The molecule has 2 aromatic carbocycles. The number of ether oxygens (including phenoxy) is 2. The zero-order chi connectivity index (χ0) is 23.8. The van der Waals surface area contributed by atoms with Gasteiger partial charge < -0.3 is 24.5 Å². The minimum absolute atomic E-state index is 0.179. The smallest absolute Gasteiger partial charge is 0.340 e. The van der Waals surface area contributed by atoms with Gasteiger partial charge >= 0.3 is 5.97 Å². The van der Waals surface area contributed by atoms with Gasteiger partial charge in [-0.3, -0.25) is 4.79 Å². The molecule has 0 aliphatic heterocycles. The molecule has 0 saturated carbocycles. The number of rotatable bonds is 11. The minimum Gasteiger partial charge on any atom is -0.493 e. The number of aryl methyl sites for hydroxylation is 1. The lowest BCUT2D eigenvalue weighted by Gasteiger charge is -2.10. The predicted octanol–water partition coefficient (Wildman–Crippen LogP) is 5.18. The summed E-state index contributed by atoms with van der Waals surface area (Å²) in [6, 6.07) is 12.3. The van der Waals surface area contributed by atoms with Gasteiger partial charge in [0.1, 0.15) is 11.3 Å². The zero-order valence-electron chi connectivity index (χ0n) is 19.7. The molecule has 1 heterocycles. The first-order chi connectivity index (χ1) is 15.9. The highest BCUT2D eigenvalue weighted by Gasteiger charge is 2.22. The maximum absolute atomic E-state index is 13.0. The summed E-state index contributed by atoms with van der Waals surface area (Å²) in [4.78, 5) is 25.2. The molecule has 0 fully saturated rings. The molecular formula is C26H32N2O5. The van der Waals surface area contributed by atoms with E-state index in [1.807, 2.05) is 25.1 Å². The van der Waals surface area contributed by atoms with E-state index in [4.69, 9.17) is 13.9 Å². The van der Waals surface area contributed by atoms with Crippen LogP contribution in [-0.4, -0.2) is 38.2 Å².